The van der Waals surface area contributed by atoms with Crippen LogP contribution in [0.5, 0.6) is 5.88 Å². The summed E-state index contributed by atoms with van der Waals surface area (Å²) in [7, 11) is -4.35. The summed E-state index contributed by atoms with van der Waals surface area (Å²) >= 11 is 5.82. The van der Waals surface area contributed by atoms with E-state index in [1.54, 1.807) is 4.90 Å². The van der Waals surface area contributed by atoms with E-state index in [1.807, 2.05) is 11.8 Å². The Morgan fingerprint density at radius 3 is 2.69 bits per heavy atom. The van der Waals surface area contributed by atoms with Crippen molar-refractivity contribution in [2.24, 2.45) is 0 Å². The summed E-state index contributed by atoms with van der Waals surface area (Å²) < 4.78 is 63.4. The molecule has 0 radical (unpaired) electrons. The highest BCUT2D eigenvalue weighted by Gasteiger charge is 2.28. The molecule has 2 aromatic rings. The Kier molecular flexibility index (Phi) is 7.65. The highest BCUT2D eigenvalue weighted by atomic mass is 35.5. The third-order valence-electron chi connectivity index (χ3n) is 4.98. The Morgan fingerprint density at radius 1 is 1.28 bits per heavy atom. The van der Waals surface area contributed by atoms with Crippen molar-refractivity contribution in [2.75, 3.05) is 26.2 Å². The average molecular weight is 490 g/mol. The molecular weight excluding hydrogens is 468 g/mol. The van der Waals surface area contributed by atoms with Crippen molar-refractivity contribution >= 4 is 27.6 Å². The van der Waals surface area contributed by atoms with Gasteiger partial charge in [0.1, 0.15) is 5.75 Å². The predicted molar refractivity (Wildman–Crippen MR) is 113 cm³/mol. The maximum Gasteiger partial charge on any atom is 0.269 e. The van der Waals surface area contributed by atoms with Gasteiger partial charge in [-0.1, -0.05) is 17.7 Å². The van der Waals surface area contributed by atoms with Crippen molar-refractivity contribution in [1.29, 1.82) is 0 Å². The van der Waals surface area contributed by atoms with Crippen molar-refractivity contribution < 1.29 is 31.3 Å². The lowest BCUT2D eigenvalue weighted by Gasteiger charge is -2.39. The smallest absolute Gasteiger partial charge is 0.269 e. The Hall–Kier alpha value is -2.34. The molecule has 32 heavy (non-hydrogen) atoms. The van der Waals surface area contributed by atoms with Crippen LogP contribution in [0.1, 0.15) is 18.1 Å². The van der Waals surface area contributed by atoms with Gasteiger partial charge in [-0.3, -0.25) is 14.2 Å². The van der Waals surface area contributed by atoms with E-state index in [-0.39, 0.29) is 35.0 Å². The van der Waals surface area contributed by atoms with E-state index in [2.05, 4.69) is 4.98 Å². The molecule has 3 rings (SSSR count). The Morgan fingerprint density at radius 2 is 2.03 bits per heavy atom. The average Bonchev–Trinajstić information content (AvgIpc) is 2.69. The first kappa shape index (κ1) is 24.3. The number of hydrogen-bond donors (Lipinski definition) is 1. The van der Waals surface area contributed by atoms with Gasteiger partial charge < -0.3 is 9.64 Å². The number of rotatable bonds is 7. The molecule has 1 N–H and O–H groups in total. The summed E-state index contributed by atoms with van der Waals surface area (Å²) in [4.78, 5) is 20.2. The van der Waals surface area contributed by atoms with Gasteiger partial charge in [0.25, 0.3) is 16.0 Å². The molecule has 1 fully saturated rings. The first-order chi connectivity index (χ1) is 15.0. The number of pyridine rings is 1. The lowest BCUT2D eigenvalue weighted by atomic mass is 10.1. The van der Waals surface area contributed by atoms with E-state index in [9.17, 15) is 22.0 Å². The SMILES string of the molecule is CC1CN(Cc2ccc(F)c(F)c2)CCN1C(=O)COc1ncc(Cl)cc1CS(=O)(=O)O. The normalized spacial score (nSPS) is 17.4. The number of halogens is 3. The van der Waals surface area contributed by atoms with Crippen molar-refractivity contribution in [3.63, 3.8) is 0 Å². The molecule has 8 nitrogen and oxygen atoms in total. The predicted octanol–water partition coefficient (Wildman–Crippen LogP) is 2.51. The number of piperazine rings is 1. The summed E-state index contributed by atoms with van der Waals surface area (Å²) in [5.74, 6) is -2.97. The fourth-order valence-electron chi connectivity index (χ4n) is 3.55. The lowest BCUT2D eigenvalue weighted by molar-refractivity contribution is -0.138. The molecule has 2 heterocycles. The number of nitrogens with zero attached hydrogens (tertiary/aromatic N) is 3. The highest BCUT2D eigenvalue weighted by molar-refractivity contribution is 7.85. The maximum absolute atomic E-state index is 13.4. The molecule has 12 heteroatoms. The number of benzene rings is 1. The van der Waals surface area contributed by atoms with Crippen LogP contribution in [0.3, 0.4) is 0 Å². The second-order valence-electron chi connectivity index (χ2n) is 7.55. The minimum atomic E-state index is -4.35. The third-order valence-corrected chi connectivity index (χ3v) is 5.87. The number of hydrogen-bond acceptors (Lipinski definition) is 6. The van der Waals surface area contributed by atoms with Crippen LogP contribution < -0.4 is 4.74 Å². The number of aromatic nitrogens is 1. The van der Waals surface area contributed by atoms with Gasteiger partial charge in [-0.25, -0.2) is 13.8 Å². The van der Waals surface area contributed by atoms with Crippen molar-refractivity contribution in [1.82, 2.24) is 14.8 Å². The molecular formula is C20H22ClF2N3O5S. The third kappa shape index (κ3) is 6.58. The van der Waals surface area contributed by atoms with Crippen LogP contribution in [0.25, 0.3) is 0 Å². The van der Waals surface area contributed by atoms with Crippen molar-refractivity contribution in [2.45, 2.75) is 25.3 Å². The fraction of sp³-hybridized carbons (Fsp3) is 0.400. The zero-order valence-electron chi connectivity index (χ0n) is 17.2. The zero-order chi connectivity index (χ0) is 23.5. The molecule has 1 aromatic carbocycles. The number of ether oxygens (including phenoxy) is 1. The molecule has 1 aliphatic rings. The molecule has 1 unspecified atom stereocenters. The molecule has 1 saturated heterocycles. The zero-order valence-corrected chi connectivity index (χ0v) is 18.7. The first-order valence-corrected chi connectivity index (χ1v) is 11.7. The summed E-state index contributed by atoms with van der Waals surface area (Å²) in [5, 5.41) is 0.160. The summed E-state index contributed by atoms with van der Waals surface area (Å²) in [6.07, 6.45) is 1.24. The summed E-state index contributed by atoms with van der Waals surface area (Å²) in [5.41, 5.74) is 0.677. The van der Waals surface area contributed by atoms with Crippen LogP contribution in [-0.4, -0.2) is 65.9 Å². The quantitative estimate of drug-likeness (QED) is 0.596. The Labute approximate surface area is 189 Å². The van der Waals surface area contributed by atoms with Crippen LogP contribution in [0.4, 0.5) is 8.78 Å². The van der Waals surface area contributed by atoms with E-state index in [1.165, 1.54) is 18.3 Å². The summed E-state index contributed by atoms with van der Waals surface area (Å²) in [6.45, 7) is 3.37. The lowest BCUT2D eigenvalue weighted by Crippen LogP contribution is -2.54. The van der Waals surface area contributed by atoms with Crippen LogP contribution in [0, 0.1) is 11.6 Å². The van der Waals surface area contributed by atoms with Crippen LogP contribution >= 0.6 is 11.6 Å². The van der Waals surface area contributed by atoms with Gasteiger partial charge >= 0.3 is 0 Å². The molecule has 174 valence electrons. The molecule has 0 spiro atoms. The van der Waals surface area contributed by atoms with Crippen molar-refractivity contribution in [3.8, 4) is 5.88 Å². The molecule has 1 amide bonds. The van der Waals surface area contributed by atoms with E-state index >= 15 is 0 Å². The van der Waals surface area contributed by atoms with Crippen LogP contribution in [0.2, 0.25) is 5.02 Å². The van der Waals surface area contributed by atoms with Gasteiger partial charge in [-0.2, -0.15) is 8.42 Å². The van der Waals surface area contributed by atoms with Gasteiger partial charge in [-0.15, -0.1) is 0 Å². The molecule has 1 atom stereocenters. The molecule has 1 aliphatic heterocycles. The van der Waals surface area contributed by atoms with Crippen LogP contribution in [-0.2, 0) is 27.2 Å². The Bertz CT molecular complexity index is 1100. The van der Waals surface area contributed by atoms with Gasteiger partial charge in [0, 0.05) is 44.0 Å². The first-order valence-electron chi connectivity index (χ1n) is 9.70. The van der Waals surface area contributed by atoms with Crippen LogP contribution in [0.15, 0.2) is 30.5 Å². The van der Waals surface area contributed by atoms with E-state index in [0.717, 1.165) is 12.1 Å². The highest BCUT2D eigenvalue weighted by Crippen LogP contribution is 2.22. The van der Waals surface area contributed by atoms with E-state index < -0.39 is 27.5 Å². The minimum absolute atomic E-state index is 0.0391. The van der Waals surface area contributed by atoms with Gasteiger partial charge in [0.2, 0.25) is 5.88 Å². The molecule has 1 aromatic heterocycles. The molecule has 0 bridgehead atoms. The van der Waals surface area contributed by atoms with E-state index in [0.29, 0.717) is 31.7 Å². The number of carbonyl (C=O) groups is 1. The number of carbonyl (C=O) groups excluding carboxylic acids is 1. The van der Waals surface area contributed by atoms with Gasteiger partial charge in [-0.05, 0) is 30.7 Å². The van der Waals surface area contributed by atoms with Crippen molar-refractivity contribution in [3.05, 3.63) is 58.2 Å². The van der Waals surface area contributed by atoms with Gasteiger partial charge in [0.15, 0.2) is 18.2 Å². The second kappa shape index (κ2) is 10.1. The second-order valence-corrected chi connectivity index (χ2v) is 9.44. The van der Waals surface area contributed by atoms with Gasteiger partial charge in [0.05, 0.1) is 5.02 Å². The minimum Gasteiger partial charge on any atom is -0.467 e. The Balaban J connectivity index is 1.57. The fourth-order valence-corrected chi connectivity index (χ4v) is 4.34. The monoisotopic (exact) mass is 489 g/mol. The topological polar surface area (TPSA) is 100 Å². The largest absolute Gasteiger partial charge is 0.467 e. The standard InChI is InChI=1S/C20H22ClF2N3O5S/c1-13-9-25(10-14-2-3-17(22)18(23)6-14)4-5-26(13)19(27)11-31-20-15(12-32(28,29)30)7-16(21)8-24-20/h2-3,6-8,13H,4-5,9-12H2,1H3,(H,28,29,30). The molecule has 0 aliphatic carbocycles. The maximum atomic E-state index is 13.4. The number of amides is 1. The summed E-state index contributed by atoms with van der Waals surface area (Å²) in [6, 6.07) is 4.90. The van der Waals surface area contributed by atoms with E-state index in [4.69, 9.17) is 20.9 Å². The molecule has 0 saturated carbocycles.